The number of nitrogens with two attached hydrogens (primary N) is 1. The molecule has 0 spiro atoms. The number of nitrogen functional groups attached to an aromatic ring is 1. The van der Waals surface area contributed by atoms with Crippen LogP contribution < -0.4 is 20.1 Å². The highest BCUT2D eigenvalue weighted by atomic mass is 35.5. The van der Waals surface area contributed by atoms with Gasteiger partial charge in [0.1, 0.15) is 41.8 Å². The molecule has 2 aromatic heterocycles. The second kappa shape index (κ2) is 10.7. The van der Waals surface area contributed by atoms with E-state index >= 15 is 4.39 Å². The number of pyridine rings is 1. The lowest BCUT2D eigenvalue weighted by Gasteiger charge is -2.41. The van der Waals surface area contributed by atoms with Crippen molar-refractivity contribution in [3.63, 3.8) is 0 Å². The third kappa shape index (κ3) is 4.94. The van der Waals surface area contributed by atoms with Crippen molar-refractivity contribution in [2.45, 2.75) is 49.6 Å². The molecule has 0 bridgehead atoms. The van der Waals surface area contributed by atoms with E-state index in [9.17, 15) is 17.6 Å². The second-order valence-electron chi connectivity index (χ2n) is 12.1. The van der Waals surface area contributed by atoms with Gasteiger partial charge in [-0.3, -0.25) is 4.90 Å². The topological polar surface area (TPSA) is 92.9 Å². The van der Waals surface area contributed by atoms with Gasteiger partial charge >= 0.3 is 12.2 Å². The van der Waals surface area contributed by atoms with Gasteiger partial charge in [-0.1, -0.05) is 11.6 Å². The molecule has 0 amide bonds. The molecule has 0 radical (unpaired) electrons. The fraction of sp³-hybridized carbons (Fsp3) is 0.552. The minimum atomic E-state index is -4.93. The Kier molecular flexibility index (Phi) is 7.16. The van der Waals surface area contributed by atoms with Gasteiger partial charge in [0.2, 0.25) is 5.88 Å². The molecule has 3 fully saturated rings. The quantitative estimate of drug-likeness (QED) is 0.297. The van der Waals surface area contributed by atoms with Gasteiger partial charge in [0.25, 0.3) is 0 Å². The van der Waals surface area contributed by atoms with E-state index in [1.54, 1.807) is 0 Å². The smallest absolute Gasteiger partial charge is 0.418 e. The highest BCUT2D eigenvalue weighted by molar-refractivity contribution is 6.32. The highest BCUT2D eigenvalue weighted by Crippen LogP contribution is 2.46. The number of ether oxygens (including phenoxy) is 2. The highest BCUT2D eigenvalue weighted by Gasteiger charge is 2.49. The van der Waals surface area contributed by atoms with E-state index in [-0.39, 0.29) is 47.7 Å². The maximum absolute atomic E-state index is 16.6. The number of nitrogens with zero attached hydrogens (tertiary/aromatic N) is 6. The van der Waals surface area contributed by atoms with Gasteiger partial charge in [-0.2, -0.15) is 23.1 Å². The lowest BCUT2D eigenvalue weighted by molar-refractivity contribution is -0.137. The average Bonchev–Trinajstić information content (AvgIpc) is 3.41. The first-order valence-electron chi connectivity index (χ1n) is 14.6. The molecule has 3 saturated heterocycles. The van der Waals surface area contributed by atoms with Crippen molar-refractivity contribution in [2.24, 2.45) is 0 Å². The molecule has 0 aliphatic carbocycles. The fourth-order valence-electron chi connectivity index (χ4n) is 7.02. The Morgan fingerprint density at radius 2 is 2.00 bits per heavy atom. The summed E-state index contributed by atoms with van der Waals surface area (Å²) in [5.74, 6) is -0.917. The molecule has 0 saturated carbocycles. The minimum absolute atomic E-state index is 0.0930. The van der Waals surface area contributed by atoms with Gasteiger partial charge in [-0.05, 0) is 51.5 Å². The Balaban J connectivity index is 1.38. The first-order valence-corrected chi connectivity index (χ1v) is 15.0. The molecule has 1 aromatic carbocycles. The summed E-state index contributed by atoms with van der Waals surface area (Å²) >= 11 is 5.99. The summed E-state index contributed by atoms with van der Waals surface area (Å²) in [6.45, 7) is 3.15. The number of likely N-dealkylation sites (tertiary alicyclic amines) is 1. The van der Waals surface area contributed by atoms with E-state index in [1.165, 1.54) is 0 Å². The number of benzene rings is 1. The van der Waals surface area contributed by atoms with Crippen molar-refractivity contribution >= 4 is 34.0 Å². The van der Waals surface area contributed by atoms with Crippen LogP contribution in [-0.4, -0.2) is 95.5 Å². The van der Waals surface area contributed by atoms with E-state index in [1.807, 2.05) is 11.9 Å². The van der Waals surface area contributed by atoms with Crippen LogP contribution in [-0.2, 0) is 6.18 Å². The number of hydrogen-bond donors (Lipinski definition) is 1. The monoisotopic (exact) mass is 639 g/mol. The number of hydrogen-bond acceptors (Lipinski definition) is 9. The Morgan fingerprint density at radius 3 is 2.73 bits per heavy atom. The fourth-order valence-corrected chi connectivity index (χ4v) is 7.36. The summed E-state index contributed by atoms with van der Waals surface area (Å²) in [6.07, 6.45) is -3.00. The molecule has 4 aliphatic heterocycles. The van der Waals surface area contributed by atoms with E-state index in [0.717, 1.165) is 44.5 Å². The van der Waals surface area contributed by atoms with Crippen LogP contribution in [0.1, 0.15) is 31.2 Å². The zero-order valence-corrected chi connectivity index (χ0v) is 24.7. The van der Waals surface area contributed by atoms with Gasteiger partial charge in [-0.15, -0.1) is 0 Å². The predicted molar refractivity (Wildman–Crippen MR) is 154 cm³/mol. The molecular formula is C29H31ClF5N7O2. The number of fused-ring (bicyclic) bond motifs is 1. The molecule has 3 aromatic rings. The van der Waals surface area contributed by atoms with Crippen molar-refractivity contribution in [2.75, 3.05) is 63.6 Å². The zero-order valence-electron chi connectivity index (χ0n) is 23.9. The summed E-state index contributed by atoms with van der Waals surface area (Å²) in [5, 5.41) is -0.557. The largest absolute Gasteiger partial charge is 0.475 e. The maximum atomic E-state index is 16.6. The number of aromatic nitrogens is 3. The van der Waals surface area contributed by atoms with Crippen LogP contribution in [0.4, 0.5) is 33.5 Å². The number of anilines is 2. The molecule has 1 unspecified atom stereocenters. The van der Waals surface area contributed by atoms with Crippen LogP contribution in [0.15, 0.2) is 12.1 Å². The standard InChI is InChI=1S/C29H31ClF5N7O2/c1-40-6-3-17(40)13-41-7-8-43-26-20-24(22(32)23(37-26)18-9-16(36)10-19(30)21(18)29(33,34)35)38-27(39-25(20)41)44-14-28-4-2-5-42(28)12-15(31)11-28/h9-10,15,17H,2-8,11-14,36H2,1H3/t15-,17?,28+/m1/s1. The molecule has 6 heterocycles. The van der Waals surface area contributed by atoms with Gasteiger partial charge in [-0.25, -0.2) is 13.8 Å². The van der Waals surface area contributed by atoms with Crippen LogP contribution in [0.5, 0.6) is 11.9 Å². The Bertz CT molecular complexity index is 1630. The predicted octanol–water partition coefficient (Wildman–Crippen LogP) is 4.94. The lowest BCUT2D eigenvalue weighted by atomic mass is 9.95. The number of rotatable bonds is 6. The van der Waals surface area contributed by atoms with Crippen molar-refractivity contribution < 1.29 is 31.4 Å². The molecule has 9 nitrogen and oxygen atoms in total. The van der Waals surface area contributed by atoms with Crippen LogP contribution in [0.3, 0.4) is 0 Å². The van der Waals surface area contributed by atoms with Crippen molar-refractivity contribution in [3.05, 3.63) is 28.5 Å². The molecule has 236 valence electrons. The zero-order chi connectivity index (χ0) is 31.0. The number of likely N-dealkylation sites (N-methyl/N-ethyl adjacent to an activating group) is 1. The molecular weight excluding hydrogens is 609 g/mol. The van der Waals surface area contributed by atoms with Gasteiger partial charge in [0.15, 0.2) is 5.82 Å². The number of halogens is 6. The van der Waals surface area contributed by atoms with Gasteiger partial charge in [0.05, 0.1) is 22.7 Å². The van der Waals surface area contributed by atoms with E-state index in [0.29, 0.717) is 31.9 Å². The van der Waals surface area contributed by atoms with Crippen molar-refractivity contribution in [1.82, 2.24) is 24.8 Å². The first kappa shape index (κ1) is 29.5. The van der Waals surface area contributed by atoms with Crippen LogP contribution in [0.25, 0.3) is 22.2 Å². The number of alkyl halides is 4. The summed E-state index contributed by atoms with van der Waals surface area (Å²) in [7, 11) is 2.01. The summed E-state index contributed by atoms with van der Waals surface area (Å²) in [5.41, 5.74) is 2.36. The second-order valence-corrected chi connectivity index (χ2v) is 12.5. The summed E-state index contributed by atoms with van der Waals surface area (Å²) < 4.78 is 85.6. The Hall–Kier alpha value is -3.23. The minimum Gasteiger partial charge on any atom is -0.475 e. The Labute approximate surface area is 255 Å². The molecule has 7 rings (SSSR count). The van der Waals surface area contributed by atoms with Crippen molar-refractivity contribution in [3.8, 4) is 23.1 Å². The van der Waals surface area contributed by atoms with E-state index in [2.05, 4.69) is 24.8 Å². The average molecular weight is 640 g/mol. The van der Waals surface area contributed by atoms with Crippen LogP contribution in [0, 0.1) is 5.82 Å². The summed E-state index contributed by atoms with van der Waals surface area (Å²) in [4.78, 5) is 19.5. The summed E-state index contributed by atoms with van der Waals surface area (Å²) in [6, 6.07) is 2.00. The third-order valence-corrected chi connectivity index (χ3v) is 9.66. The molecule has 2 N–H and O–H groups in total. The Morgan fingerprint density at radius 1 is 1.18 bits per heavy atom. The lowest BCUT2D eigenvalue weighted by Crippen LogP contribution is -2.52. The van der Waals surface area contributed by atoms with E-state index in [4.69, 9.17) is 26.8 Å². The van der Waals surface area contributed by atoms with Gasteiger partial charge in [0, 0.05) is 36.8 Å². The van der Waals surface area contributed by atoms with Gasteiger partial charge < -0.3 is 25.0 Å². The van der Waals surface area contributed by atoms with Crippen LogP contribution >= 0.6 is 11.6 Å². The maximum Gasteiger partial charge on any atom is 0.418 e. The first-order chi connectivity index (χ1) is 20.9. The molecule has 44 heavy (non-hydrogen) atoms. The third-order valence-electron chi connectivity index (χ3n) is 9.36. The molecule has 15 heteroatoms. The van der Waals surface area contributed by atoms with Crippen LogP contribution in [0.2, 0.25) is 5.02 Å². The normalized spacial score (nSPS) is 25.6. The molecule has 3 atom stereocenters. The van der Waals surface area contributed by atoms with Crippen molar-refractivity contribution in [1.29, 1.82) is 0 Å². The van der Waals surface area contributed by atoms with E-state index < -0.39 is 45.5 Å². The SMILES string of the molecule is CN1CCC1CN1CCOc2nc(-c3cc(N)cc(Cl)c3C(F)(F)F)c(F)c3nc(OC[C@@]45CCCN4C[C@H](F)C5)nc1c23. The molecule has 4 aliphatic rings.